The molecule has 1 aliphatic carbocycles. The van der Waals surface area contributed by atoms with Crippen LogP contribution in [0.2, 0.25) is 0 Å². The van der Waals surface area contributed by atoms with Crippen molar-refractivity contribution in [3.05, 3.63) is 95.6 Å². The van der Waals surface area contributed by atoms with E-state index in [0.717, 1.165) is 0 Å². The number of H-pyrrole nitrogens is 1. The molecule has 0 spiro atoms. The van der Waals surface area contributed by atoms with Gasteiger partial charge in [-0.25, -0.2) is 0 Å². The first kappa shape index (κ1) is 14.5. The van der Waals surface area contributed by atoms with Crippen molar-refractivity contribution in [2.75, 3.05) is 5.32 Å². The molecule has 1 aliphatic heterocycles. The van der Waals surface area contributed by atoms with Crippen molar-refractivity contribution in [1.29, 1.82) is 0 Å². The van der Waals surface area contributed by atoms with Crippen LogP contribution < -0.4 is 5.32 Å². The number of rotatable bonds is 0. The van der Waals surface area contributed by atoms with Gasteiger partial charge in [0.25, 0.3) is 0 Å². The molecule has 5 aromatic rings. The zero-order valence-corrected chi connectivity index (χ0v) is 15.2. The highest BCUT2D eigenvalue weighted by Crippen LogP contribution is 2.48. The Balaban J connectivity index is 1.55. The average molecular weight is 358 g/mol. The number of aromatic nitrogens is 1. The van der Waals surface area contributed by atoms with Crippen LogP contribution >= 0.6 is 0 Å². The number of benzene rings is 4. The quantitative estimate of drug-likeness (QED) is 0.328. The van der Waals surface area contributed by atoms with Gasteiger partial charge in [0.15, 0.2) is 0 Å². The third-order valence-corrected chi connectivity index (χ3v) is 6.51. The molecule has 132 valence electrons. The van der Waals surface area contributed by atoms with E-state index in [9.17, 15) is 0 Å². The fourth-order valence-corrected chi connectivity index (χ4v) is 5.29. The van der Waals surface area contributed by atoms with Gasteiger partial charge < -0.3 is 10.3 Å². The predicted octanol–water partition coefficient (Wildman–Crippen LogP) is 6.43. The second kappa shape index (κ2) is 5.05. The van der Waals surface area contributed by atoms with Crippen molar-refractivity contribution in [2.24, 2.45) is 0 Å². The summed E-state index contributed by atoms with van der Waals surface area (Å²) in [7, 11) is 0. The van der Waals surface area contributed by atoms with Gasteiger partial charge in [-0.1, -0.05) is 78.9 Å². The van der Waals surface area contributed by atoms with Crippen LogP contribution in [0.4, 0.5) is 5.69 Å². The first-order valence-electron chi connectivity index (χ1n) is 9.88. The molecular formula is C26H18N2. The Morgan fingerprint density at radius 2 is 1.61 bits per heavy atom. The van der Waals surface area contributed by atoms with Gasteiger partial charge in [-0.15, -0.1) is 0 Å². The third kappa shape index (κ3) is 1.73. The lowest BCUT2D eigenvalue weighted by Gasteiger charge is -2.23. The second-order valence-corrected chi connectivity index (χ2v) is 7.92. The molecule has 0 saturated heterocycles. The Bertz CT molecular complexity index is 1450. The van der Waals surface area contributed by atoms with Crippen LogP contribution in [-0.2, 0) is 0 Å². The number of anilines is 1. The molecule has 7 rings (SSSR count). The maximum Gasteiger partial charge on any atom is 0.0704 e. The normalized spacial score (nSPS) is 19.6. The maximum atomic E-state index is 3.81. The second-order valence-electron chi connectivity index (χ2n) is 7.92. The van der Waals surface area contributed by atoms with E-state index in [1.165, 1.54) is 55.0 Å². The highest BCUT2D eigenvalue weighted by atomic mass is 15.0. The van der Waals surface area contributed by atoms with Crippen molar-refractivity contribution < 1.29 is 0 Å². The van der Waals surface area contributed by atoms with E-state index in [-0.39, 0.29) is 0 Å². The van der Waals surface area contributed by atoms with E-state index < -0.39 is 0 Å². The van der Waals surface area contributed by atoms with Gasteiger partial charge >= 0.3 is 0 Å². The van der Waals surface area contributed by atoms with Crippen LogP contribution in [-0.4, -0.2) is 11.0 Å². The zero-order valence-electron chi connectivity index (χ0n) is 15.2. The summed E-state index contributed by atoms with van der Waals surface area (Å²) in [5.41, 5.74) is 7.83. The monoisotopic (exact) mass is 358 g/mol. The lowest BCUT2D eigenvalue weighted by Crippen LogP contribution is -2.21. The van der Waals surface area contributed by atoms with Crippen LogP contribution in [0, 0.1) is 0 Å². The standard InChI is InChI=1S/C26H18N2/c1-3-7-17-15(5-1)9-13-21-23(17)19-11-12-20-24-18-8-4-2-6-16(18)10-14-22(24)28-26(20)25(19)27-21/h1-14,21,23,27-28H. The summed E-state index contributed by atoms with van der Waals surface area (Å²) in [6, 6.07) is 26.8. The van der Waals surface area contributed by atoms with Crippen LogP contribution in [0.3, 0.4) is 0 Å². The molecule has 1 aromatic heterocycles. The summed E-state index contributed by atoms with van der Waals surface area (Å²) in [6.07, 6.45) is 4.57. The van der Waals surface area contributed by atoms with Crippen molar-refractivity contribution in [3.63, 3.8) is 0 Å². The Hall–Kier alpha value is -3.52. The Labute approximate surface area is 162 Å². The molecule has 2 atom stereocenters. The van der Waals surface area contributed by atoms with Gasteiger partial charge in [-0.3, -0.25) is 0 Å². The summed E-state index contributed by atoms with van der Waals surface area (Å²) in [6.45, 7) is 0. The van der Waals surface area contributed by atoms with Gasteiger partial charge in [0.2, 0.25) is 0 Å². The van der Waals surface area contributed by atoms with Crippen LogP contribution in [0.1, 0.15) is 22.6 Å². The molecule has 2 N–H and O–H groups in total. The van der Waals surface area contributed by atoms with E-state index in [1.54, 1.807) is 0 Å². The molecular weight excluding hydrogens is 340 g/mol. The maximum absolute atomic E-state index is 3.81. The highest BCUT2D eigenvalue weighted by Gasteiger charge is 2.36. The van der Waals surface area contributed by atoms with Crippen molar-refractivity contribution in [2.45, 2.75) is 12.0 Å². The summed E-state index contributed by atoms with van der Waals surface area (Å²) in [4.78, 5) is 3.72. The number of hydrogen-bond acceptors (Lipinski definition) is 1. The fourth-order valence-electron chi connectivity index (χ4n) is 5.29. The third-order valence-electron chi connectivity index (χ3n) is 6.51. The van der Waals surface area contributed by atoms with Crippen molar-refractivity contribution >= 4 is 44.3 Å². The molecule has 0 radical (unpaired) electrons. The van der Waals surface area contributed by atoms with E-state index >= 15 is 0 Å². The number of nitrogens with one attached hydrogen (secondary N) is 2. The first-order chi connectivity index (χ1) is 13.9. The molecule has 2 heterocycles. The van der Waals surface area contributed by atoms with Crippen LogP contribution in [0.25, 0.3) is 38.7 Å². The molecule has 2 heteroatoms. The number of aromatic amines is 1. The molecule has 0 bridgehead atoms. The average Bonchev–Trinajstić information content (AvgIpc) is 3.32. The Morgan fingerprint density at radius 3 is 2.61 bits per heavy atom. The minimum Gasteiger partial charge on any atom is -0.376 e. The molecule has 2 unspecified atom stereocenters. The molecule has 2 aliphatic rings. The van der Waals surface area contributed by atoms with Gasteiger partial charge in [0.1, 0.15) is 0 Å². The topological polar surface area (TPSA) is 27.8 Å². The van der Waals surface area contributed by atoms with Crippen LogP contribution in [0.15, 0.2) is 78.9 Å². The summed E-state index contributed by atoms with van der Waals surface area (Å²) < 4.78 is 0. The predicted molar refractivity (Wildman–Crippen MR) is 118 cm³/mol. The lowest BCUT2D eigenvalue weighted by molar-refractivity contribution is 0.778. The van der Waals surface area contributed by atoms with E-state index in [2.05, 4.69) is 95.2 Å². The summed E-state index contributed by atoms with van der Waals surface area (Å²) in [5, 5.41) is 9.03. The summed E-state index contributed by atoms with van der Waals surface area (Å²) in [5.74, 6) is 0.378. The molecule has 0 fully saturated rings. The lowest BCUT2D eigenvalue weighted by atomic mass is 9.81. The van der Waals surface area contributed by atoms with Gasteiger partial charge in [0, 0.05) is 22.2 Å². The van der Waals surface area contributed by atoms with Crippen molar-refractivity contribution in [3.8, 4) is 0 Å². The van der Waals surface area contributed by atoms with E-state index in [4.69, 9.17) is 0 Å². The van der Waals surface area contributed by atoms with Gasteiger partial charge in [0.05, 0.1) is 17.2 Å². The summed E-state index contributed by atoms with van der Waals surface area (Å²) >= 11 is 0. The van der Waals surface area contributed by atoms with E-state index in [0.29, 0.717) is 12.0 Å². The molecule has 28 heavy (non-hydrogen) atoms. The minimum atomic E-state index is 0.318. The minimum absolute atomic E-state index is 0.318. The smallest absolute Gasteiger partial charge is 0.0704 e. The molecule has 0 saturated carbocycles. The van der Waals surface area contributed by atoms with Gasteiger partial charge in [-0.2, -0.15) is 0 Å². The highest BCUT2D eigenvalue weighted by molar-refractivity contribution is 6.22. The van der Waals surface area contributed by atoms with Gasteiger partial charge in [-0.05, 0) is 33.5 Å². The molecule has 0 amide bonds. The largest absolute Gasteiger partial charge is 0.376 e. The molecule has 2 nitrogen and oxygen atoms in total. The Morgan fingerprint density at radius 1 is 0.714 bits per heavy atom. The SMILES string of the molecule is C1=CC2Nc3c(ccc4c3[nH]c3ccc5ccccc5c34)C2c2ccccc21. The zero-order chi connectivity index (χ0) is 18.2. The van der Waals surface area contributed by atoms with Crippen LogP contribution in [0.5, 0.6) is 0 Å². The van der Waals surface area contributed by atoms with E-state index in [1.807, 2.05) is 0 Å². The van der Waals surface area contributed by atoms with Crippen molar-refractivity contribution in [1.82, 2.24) is 4.98 Å². The number of hydrogen-bond donors (Lipinski definition) is 2. The molecule has 4 aromatic carbocycles. The number of fused-ring (bicyclic) bond motifs is 11. The Kier molecular flexibility index (Phi) is 2.62. The fraction of sp³-hybridized carbons (Fsp3) is 0.0769. The first-order valence-corrected chi connectivity index (χ1v) is 9.88.